The first-order valence-corrected chi connectivity index (χ1v) is 13.1. The average molecular weight is 491 g/mol. The Kier molecular flexibility index (Phi) is 8.09. The Balaban J connectivity index is 0.000000153. The molecule has 0 aromatic heterocycles. The molecule has 1 atom stereocenters. The van der Waals surface area contributed by atoms with Crippen LogP contribution >= 0.6 is 0 Å². The van der Waals surface area contributed by atoms with E-state index in [0.717, 1.165) is 24.1 Å². The average Bonchev–Trinajstić information content (AvgIpc) is 2.90. The molecule has 4 heteroatoms. The first-order valence-electron chi connectivity index (χ1n) is 13.1. The van der Waals surface area contributed by atoms with Crippen molar-refractivity contribution in [2.75, 3.05) is 19.6 Å². The van der Waals surface area contributed by atoms with E-state index >= 15 is 0 Å². The fraction of sp³-hybridized carbons (Fsp3) is 0.242. The molecule has 0 saturated carbocycles. The molecule has 0 radical (unpaired) electrons. The van der Waals surface area contributed by atoms with Crippen LogP contribution in [0.2, 0.25) is 0 Å². The molecular formula is C33H34N2O2. The van der Waals surface area contributed by atoms with E-state index in [4.69, 9.17) is 0 Å². The molecule has 1 N–H and O–H groups in total. The van der Waals surface area contributed by atoms with Crippen LogP contribution in [0.15, 0.2) is 121 Å². The molecule has 0 aliphatic carbocycles. The van der Waals surface area contributed by atoms with Crippen molar-refractivity contribution in [1.29, 1.82) is 0 Å². The summed E-state index contributed by atoms with van der Waals surface area (Å²) < 4.78 is 0. The summed E-state index contributed by atoms with van der Waals surface area (Å²) in [6.07, 6.45) is 2.06. The maximum absolute atomic E-state index is 11.3. The summed E-state index contributed by atoms with van der Waals surface area (Å²) in [6, 6.07) is 41.9. The number of nitrogens with zero attached hydrogens (tertiary/aromatic N) is 2. The lowest BCUT2D eigenvalue weighted by atomic mass is 9.91. The van der Waals surface area contributed by atoms with Gasteiger partial charge in [0.05, 0.1) is 12.1 Å². The topological polar surface area (TPSA) is 43.8 Å². The van der Waals surface area contributed by atoms with E-state index in [9.17, 15) is 9.90 Å². The van der Waals surface area contributed by atoms with E-state index < -0.39 is 5.97 Å². The van der Waals surface area contributed by atoms with Crippen molar-refractivity contribution in [3.63, 3.8) is 0 Å². The van der Waals surface area contributed by atoms with Gasteiger partial charge in [-0.05, 0) is 35.1 Å². The Morgan fingerprint density at radius 1 is 0.595 bits per heavy atom. The molecule has 2 aliphatic heterocycles. The number of carbonyl (C=O) groups is 1. The number of carboxylic acids is 1. The summed E-state index contributed by atoms with van der Waals surface area (Å²) in [6.45, 7) is 3.26. The van der Waals surface area contributed by atoms with Crippen LogP contribution < -0.4 is 0 Å². The zero-order valence-corrected chi connectivity index (χ0v) is 21.1. The molecule has 6 rings (SSSR count). The Morgan fingerprint density at radius 3 is 1.24 bits per heavy atom. The van der Waals surface area contributed by atoms with Gasteiger partial charge in [0.25, 0.3) is 0 Å². The summed E-state index contributed by atoms with van der Waals surface area (Å²) in [4.78, 5) is 15.9. The fourth-order valence-corrected chi connectivity index (χ4v) is 5.31. The van der Waals surface area contributed by atoms with Crippen LogP contribution in [0.5, 0.6) is 0 Å². The minimum absolute atomic E-state index is 0.0206. The van der Waals surface area contributed by atoms with Gasteiger partial charge in [0.2, 0.25) is 0 Å². The summed E-state index contributed by atoms with van der Waals surface area (Å²) in [5, 5.41) is 9.30. The number of aliphatic carboxylic acids is 1. The molecule has 2 heterocycles. The van der Waals surface area contributed by atoms with E-state index in [-0.39, 0.29) is 12.1 Å². The molecule has 4 nitrogen and oxygen atoms in total. The third kappa shape index (κ3) is 5.82. The number of benzene rings is 4. The van der Waals surface area contributed by atoms with Gasteiger partial charge in [0.15, 0.2) is 0 Å². The minimum atomic E-state index is -0.729. The Hall–Kier alpha value is -3.73. The normalized spacial score (nSPS) is 17.4. The van der Waals surface area contributed by atoms with Crippen molar-refractivity contribution in [3.8, 4) is 0 Å². The second kappa shape index (κ2) is 12.0. The smallest absolute Gasteiger partial charge is 0.320 e. The summed E-state index contributed by atoms with van der Waals surface area (Å²) in [7, 11) is 0. The highest BCUT2D eigenvalue weighted by Crippen LogP contribution is 2.36. The van der Waals surface area contributed by atoms with Gasteiger partial charge in [0, 0.05) is 19.6 Å². The van der Waals surface area contributed by atoms with E-state index in [1.165, 1.54) is 30.6 Å². The van der Waals surface area contributed by atoms with Crippen LogP contribution in [0.3, 0.4) is 0 Å². The molecule has 188 valence electrons. The molecular weight excluding hydrogens is 456 g/mol. The highest BCUT2D eigenvalue weighted by molar-refractivity contribution is 5.74. The summed E-state index contributed by atoms with van der Waals surface area (Å²) in [5.74, 6) is -0.729. The third-order valence-electron chi connectivity index (χ3n) is 7.39. The van der Waals surface area contributed by atoms with Gasteiger partial charge in [-0.15, -0.1) is 0 Å². The molecule has 2 saturated heterocycles. The summed E-state index contributed by atoms with van der Waals surface area (Å²) >= 11 is 0. The first kappa shape index (κ1) is 24.9. The largest absolute Gasteiger partial charge is 0.480 e. The van der Waals surface area contributed by atoms with E-state index in [1.54, 1.807) is 0 Å². The quantitative estimate of drug-likeness (QED) is 0.325. The van der Waals surface area contributed by atoms with Gasteiger partial charge in [-0.1, -0.05) is 121 Å². The van der Waals surface area contributed by atoms with Crippen LogP contribution in [0.4, 0.5) is 0 Å². The van der Waals surface area contributed by atoms with Crippen molar-refractivity contribution in [2.24, 2.45) is 0 Å². The third-order valence-corrected chi connectivity index (χ3v) is 7.39. The monoisotopic (exact) mass is 490 g/mol. The maximum Gasteiger partial charge on any atom is 0.320 e. The molecule has 4 aromatic carbocycles. The molecule has 0 bridgehead atoms. The zero-order valence-electron chi connectivity index (χ0n) is 21.1. The van der Waals surface area contributed by atoms with Crippen molar-refractivity contribution in [1.82, 2.24) is 9.80 Å². The minimum Gasteiger partial charge on any atom is -0.480 e. The lowest BCUT2D eigenvalue weighted by Gasteiger charge is -2.44. The van der Waals surface area contributed by atoms with Crippen molar-refractivity contribution in [3.05, 3.63) is 144 Å². The fourth-order valence-electron chi connectivity index (χ4n) is 5.31. The van der Waals surface area contributed by atoms with Crippen LogP contribution in [-0.2, 0) is 4.79 Å². The van der Waals surface area contributed by atoms with Crippen LogP contribution in [0, 0.1) is 0 Å². The SMILES string of the molecule is O=C(O)C1CCN1C(c1ccccc1)c1ccccc1.c1ccc(C(c2ccccc2)N2CCC2)cc1. The summed E-state index contributed by atoms with van der Waals surface area (Å²) in [5.41, 5.74) is 5.09. The Bertz CT molecular complexity index is 1170. The molecule has 37 heavy (non-hydrogen) atoms. The lowest BCUT2D eigenvalue weighted by molar-refractivity contribution is -0.149. The lowest BCUT2D eigenvalue weighted by Crippen LogP contribution is -2.53. The van der Waals surface area contributed by atoms with Crippen molar-refractivity contribution < 1.29 is 9.90 Å². The van der Waals surface area contributed by atoms with E-state index in [2.05, 4.69) is 94.7 Å². The number of carboxylic acid groups (broad SMARTS) is 1. The van der Waals surface area contributed by atoms with Gasteiger partial charge < -0.3 is 5.11 Å². The van der Waals surface area contributed by atoms with Crippen LogP contribution in [0.1, 0.15) is 47.2 Å². The highest BCUT2D eigenvalue weighted by Gasteiger charge is 2.39. The van der Waals surface area contributed by atoms with Gasteiger partial charge in [-0.2, -0.15) is 0 Å². The Morgan fingerprint density at radius 2 is 0.973 bits per heavy atom. The van der Waals surface area contributed by atoms with Gasteiger partial charge >= 0.3 is 5.97 Å². The molecule has 0 amide bonds. The Labute approximate surface area is 219 Å². The number of rotatable bonds is 7. The second-order valence-corrected chi connectivity index (χ2v) is 9.72. The second-order valence-electron chi connectivity index (χ2n) is 9.72. The predicted octanol–water partition coefficient (Wildman–Crippen LogP) is 6.42. The van der Waals surface area contributed by atoms with Gasteiger partial charge in [-0.3, -0.25) is 14.6 Å². The van der Waals surface area contributed by atoms with Crippen LogP contribution in [-0.4, -0.2) is 46.6 Å². The predicted molar refractivity (Wildman–Crippen MR) is 148 cm³/mol. The molecule has 2 fully saturated rings. The molecule has 1 unspecified atom stereocenters. The highest BCUT2D eigenvalue weighted by atomic mass is 16.4. The maximum atomic E-state index is 11.3. The molecule has 2 aliphatic rings. The number of hydrogen-bond donors (Lipinski definition) is 1. The van der Waals surface area contributed by atoms with E-state index in [0.29, 0.717) is 6.04 Å². The zero-order chi connectivity index (χ0) is 25.5. The first-order chi connectivity index (χ1) is 18.2. The van der Waals surface area contributed by atoms with Gasteiger partial charge in [0.1, 0.15) is 6.04 Å². The molecule has 4 aromatic rings. The van der Waals surface area contributed by atoms with E-state index in [1.807, 2.05) is 36.4 Å². The number of likely N-dealkylation sites (tertiary alicyclic amines) is 2. The van der Waals surface area contributed by atoms with Crippen molar-refractivity contribution in [2.45, 2.75) is 31.0 Å². The van der Waals surface area contributed by atoms with Gasteiger partial charge in [-0.25, -0.2) is 0 Å². The van der Waals surface area contributed by atoms with Crippen LogP contribution in [0.25, 0.3) is 0 Å². The van der Waals surface area contributed by atoms with Crippen molar-refractivity contribution >= 4 is 5.97 Å². The number of hydrogen-bond acceptors (Lipinski definition) is 3. The standard InChI is InChI=1S/C17H17NO2.C16H17N/c19-17(20)15-11-12-18(15)16(13-7-3-1-4-8-13)14-9-5-2-6-10-14;1-3-8-14(9-4-1)16(17-12-7-13-17)15-10-5-2-6-11-15/h1-10,15-16H,11-12H2,(H,19,20);1-6,8-11,16H,7,12-13H2. The molecule has 0 spiro atoms.